The van der Waals surface area contributed by atoms with Gasteiger partial charge in [0.25, 0.3) is 0 Å². The molecule has 1 unspecified atom stereocenters. The number of unbranched alkanes of at least 4 members (excludes halogenated alkanes) is 32. The third-order valence-electron chi connectivity index (χ3n) is 14.1. The van der Waals surface area contributed by atoms with E-state index in [2.05, 4.69) is 118 Å². The van der Waals surface area contributed by atoms with Crippen LogP contribution in [0, 0.1) is 0 Å². The van der Waals surface area contributed by atoms with Crippen molar-refractivity contribution >= 4 is 17.9 Å². The van der Waals surface area contributed by atoms with Crippen LogP contribution in [0.3, 0.4) is 0 Å². The van der Waals surface area contributed by atoms with Crippen molar-refractivity contribution in [2.75, 3.05) is 13.2 Å². The van der Waals surface area contributed by atoms with Crippen LogP contribution < -0.4 is 0 Å². The number of hydrogen-bond donors (Lipinski definition) is 0. The molecule has 0 rings (SSSR count). The Morgan fingerprint density at radius 1 is 0.273 bits per heavy atom. The zero-order valence-electron chi connectivity index (χ0n) is 50.7. The maximum atomic E-state index is 12.8. The monoisotopic (exact) mass is 1070 g/mol. The van der Waals surface area contributed by atoms with Crippen LogP contribution in [-0.4, -0.2) is 37.2 Å². The van der Waals surface area contributed by atoms with Crippen molar-refractivity contribution in [3.05, 3.63) is 97.2 Å². The van der Waals surface area contributed by atoms with Gasteiger partial charge >= 0.3 is 17.9 Å². The summed E-state index contributed by atoms with van der Waals surface area (Å²) in [4.78, 5) is 38.1. The van der Waals surface area contributed by atoms with Gasteiger partial charge in [-0.25, -0.2) is 0 Å². The van der Waals surface area contributed by atoms with E-state index in [1.165, 1.54) is 167 Å². The summed E-state index contributed by atoms with van der Waals surface area (Å²) in [6.07, 6.45) is 87.5. The van der Waals surface area contributed by atoms with E-state index in [4.69, 9.17) is 14.2 Å². The molecule has 0 N–H and O–H groups in total. The van der Waals surface area contributed by atoms with E-state index in [-0.39, 0.29) is 37.5 Å². The average Bonchev–Trinajstić information content (AvgIpc) is 3.43. The third kappa shape index (κ3) is 63.0. The molecule has 0 radical (unpaired) electrons. The topological polar surface area (TPSA) is 78.9 Å². The molecule has 77 heavy (non-hydrogen) atoms. The van der Waals surface area contributed by atoms with Gasteiger partial charge in [-0.3, -0.25) is 14.4 Å². The zero-order chi connectivity index (χ0) is 55.7. The summed E-state index contributed by atoms with van der Waals surface area (Å²) < 4.78 is 16.8. The highest BCUT2D eigenvalue weighted by Gasteiger charge is 2.19. The minimum Gasteiger partial charge on any atom is -0.462 e. The highest BCUT2D eigenvalue weighted by molar-refractivity contribution is 5.71. The van der Waals surface area contributed by atoms with Crippen LogP contribution in [0.25, 0.3) is 0 Å². The van der Waals surface area contributed by atoms with Crippen molar-refractivity contribution in [2.45, 2.75) is 322 Å². The SMILES string of the molecule is CC/C=C\C/C=C\C/C=C\C/C=C\CCCCCCCCCCCCCCCCCCCCCCCCC(=O)OCC(COC(=O)CCCCCCCCCCC)OC(=O)CCCC/C=C\C/C=C\C/C=C\C/C=C\CC. The van der Waals surface area contributed by atoms with E-state index in [1.54, 1.807) is 0 Å². The van der Waals surface area contributed by atoms with Crippen LogP contribution in [0.4, 0.5) is 0 Å². The van der Waals surface area contributed by atoms with Crippen molar-refractivity contribution in [3.8, 4) is 0 Å². The first-order valence-electron chi connectivity index (χ1n) is 32.7. The highest BCUT2D eigenvalue weighted by Crippen LogP contribution is 2.17. The summed E-state index contributed by atoms with van der Waals surface area (Å²) in [5.41, 5.74) is 0. The fourth-order valence-electron chi connectivity index (χ4n) is 9.25. The van der Waals surface area contributed by atoms with Gasteiger partial charge in [0, 0.05) is 19.3 Å². The van der Waals surface area contributed by atoms with E-state index in [0.717, 1.165) is 103 Å². The van der Waals surface area contributed by atoms with Gasteiger partial charge in [-0.15, -0.1) is 0 Å². The molecule has 0 saturated carbocycles. The van der Waals surface area contributed by atoms with E-state index >= 15 is 0 Å². The fraction of sp³-hybridized carbons (Fsp3) is 0.732. The van der Waals surface area contributed by atoms with Crippen LogP contribution in [0.1, 0.15) is 316 Å². The molecular weight excluding hydrogens is 949 g/mol. The number of carbonyl (C=O) groups is 3. The Morgan fingerprint density at radius 2 is 0.506 bits per heavy atom. The molecule has 1 atom stereocenters. The van der Waals surface area contributed by atoms with Crippen LogP contribution in [0.2, 0.25) is 0 Å². The summed E-state index contributed by atoms with van der Waals surface area (Å²) in [7, 11) is 0. The van der Waals surface area contributed by atoms with Crippen LogP contribution in [-0.2, 0) is 28.6 Å². The number of esters is 3. The molecule has 6 nitrogen and oxygen atoms in total. The molecule has 0 saturated heterocycles. The van der Waals surface area contributed by atoms with Crippen LogP contribution in [0.15, 0.2) is 97.2 Å². The lowest BCUT2D eigenvalue weighted by Gasteiger charge is -2.18. The predicted molar refractivity (Wildman–Crippen MR) is 334 cm³/mol. The maximum absolute atomic E-state index is 12.8. The number of ether oxygens (including phenoxy) is 3. The van der Waals surface area contributed by atoms with Crippen LogP contribution in [0.5, 0.6) is 0 Å². The summed E-state index contributed by atoms with van der Waals surface area (Å²) in [6, 6.07) is 0. The lowest BCUT2D eigenvalue weighted by atomic mass is 10.0. The van der Waals surface area contributed by atoms with E-state index in [1.807, 2.05) is 0 Å². The molecule has 0 heterocycles. The average molecular weight is 1070 g/mol. The van der Waals surface area contributed by atoms with Crippen molar-refractivity contribution in [2.24, 2.45) is 0 Å². The largest absolute Gasteiger partial charge is 0.462 e. The van der Waals surface area contributed by atoms with E-state index in [9.17, 15) is 14.4 Å². The quantitative estimate of drug-likeness (QED) is 0.0261. The van der Waals surface area contributed by atoms with Gasteiger partial charge in [0.2, 0.25) is 0 Å². The first-order chi connectivity index (χ1) is 38.0. The minimum absolute atomic E-state index is 0.0896. The second-order valence-corrected chi connectivity index (χ2v) is 21.6. The lowest BCUT2D eigenvalue weighted by Crippen LogP contribution is -2.30. The van der Waals surface area contributed by atoms with Gasteiger partial charge < -0.3 is 14.2 Å². The lowest BCUT2D eigenvalue weighted by molar-refractivity contribution is -0.167. The summed E-state index contributed by atoms with van der Waals surface area (Å²) in [5, 5.41) is 0. The van der Waals surface area contributed by atoms with Gasteiger partial charge in [-0.1, -0.05) is 298 Å². The Bertz CT molecular complexity index is 1510. The van der Waals surface area contributed by atoms with Gasteiger partial charge in [-0.2, -0.15) is 0 Å². The molecule has 0 aliphatic heterocycles. The summed E-state index contributed by atoms with van der Waals surface area (Å²) >= 11 is 0. The van der Waals surface area contributed by atoms with Gasteiger partial charge in [0.05, 0.1) is 0 Å². The number of hydrogen-bond acceptors (Lipinski definition) is 6. The third-order valence-corrected chi connectivity index (χ3v) is 14.1. The van der Waals surface area contributed by atoms with Crippen molar-refractivity contribution < 1.29 is 28.6 Å². The fourth-order valence-corrected chi connectivity index (χ4v) is 9.25. The van der Waals surface area contributed by atoms with E-state index < -0.39 is 6.10 Å². The molecule has 0 aromatic rings. The minimum atomic E-state index is -0.795. The Labute approximate surface area is 477 Å². The molecule has 0 aromatic carbocycles. The first-order valence-corrected chi connectivity index (χ1v) is 32.7. The molecule has 0 fully saturated rings. The number of carbonyl (C=O) groups excluding carboxylic acids is 3. The Balaban J connectivity index is 4.03. The number of allylic oxidation sites excluding steroid dienone is 16. The van der Waals surface area contributed by atoms with Gasteiger partial charge in [-0.05, 0) is 96.3 Å². The molecule has 0 spiro atoms. The van der Waals surface area contributed by atoms with Crippen molar-refractivity contribution in [3.63, 3.8) is 0 Å². The molecule has 442 valence electrons. The Kier molecular flexibility index (Phi) is 61.8. The molecule has 0 amide bonds. The zero-order valence-corrected chi connectivity index (χ0v) is 50.7. The van der Waals surface area contributed by atoms with Gasteiger partial charge in [0.15, 0.2) is 6.10 Å². The Hall–Kier alpha value is -3.67. The molecule has 6 heteroatoms. The molecule has 0 aromatic heterocycles. The molecule has 0 aliphatic carbocycles. The predicted octanol–water partition coefficient (Wildman–Crippen LogP) is 22.4. The molecular formula is C71H122O6. The standard InChI is InChI=1S/C71H122O6/c1-4-7-10-13-16-19-21-23-25-26-27-28-29-30-31-32-33-34-35-36-37-38-39-40-41-42-43-44-46-47-49-52-55-58-61-64-70(73)76-67-68(66-75-69(72)63-60-57-54-51-18-15-12-9-6-3)77-71(74)65-62-59-56-53-50-48-45-24-22-20-17-14-11-8-5-2/h7-8,10-11,16-17,19-20,23-25,27-28,45,50,53,68H,4-6,9,12-15,18,21-22,26,29-44,46-49,51-52,54-67H2,1-3H3/b10-7-,11-8-,19-16-,20-17-,25-23-,28-27-,45-24-,53-50-. The normalized spacial score (nSPS) is 12.7. The van der Waals surface area contributed by atoms with Crippen LogP contribution >= 0.6 is 0 Å². The smallest absolute Gasteiger partial charge is 0.306 e. The van der Waals surface area contributed by atoms with Crippen molar-refractivity contribution in [1.82, 2.24) is 0 Å². The molecule has 0 bridgehead atoms. The summed E-state index contributed by atoms with van der Waals surface area (Å²) in [5.74, 6) is -0.924. The second-order valence-electron chi connectivity index (χ2n) is 21.6. The van der Waals surface area contributed by atoms with E-state index in [0.29, 0.717) is 19.3 Å². The second kappa shape index (κ2) is 64.9. The first kappa shape index (κ1) is 73.3. The van der Waals surface area contributed by atoms with Gasteiger partial charge in [0.1, 0.15) is 13.2 Å². The highest BCUT2D eigenvalue weighted by atomic mass is 16.6. The number of rotatable bonds is 59. The molecule has 0 aliphatic rings. The maximum Gasteiger partial charge on any atom is 0.306 e. The summed E-state index contributed by atoms with van der Waals surface area (Å²) in [6.45, 7) is 6.38. The Morgan fingerprint density at radius 3 is 0.818 bits per heavy atom. The van der Waals surface area contributed by atoms with Crippen molar-refractivity contribution in [1.29, 1.82) is 0 Å².